The van der Waals surface area contributed by atoms with Gasteiger partial charge in [0.15, 0.2) is 0 Å². The number of benzene rings is 1. The summed E-state index contributed by atoms with van der Waals surface area (Å²) in [6.07, 6.45) is 1.94. The van der Waals surface area contributed by atoms with Gasteiger partial charge in [0.25, 0.3) is 0 Å². The van der Waals surface area contributed by atoms with Crippen LogP contribution in [-0.4, -0.2) is 11.9 Å². The predicted molar refractivity (Wildman–Crippen MR) is 70.4 cm³/mol. The standard InChI is InChI=1S/C12H16BrClFN/c1-2-10(14)5-6-16-8-9-3-4-11(15)7-12(9)13/h3-4,7,10,16H,2,5-6,8H2,1H3. The van der Waals surface area contributed by atoms with Crippen molar-refractivity contribution >= 4 is 27.5 Å². The first kappa shape index (κ1) is 13.9. The van der Waals surface area contributed by atoms with Gasteiger partial charge in [-0.25, -0.2) is 4.39 Å². The highest BCUT2D eigenvalue weighted by Crippen LogP contribution is 2.17. The van der Waals surface area contributed by atoms with Crippen LogP contribution in [0.25, 0.3) is 0 Å². The lowest BCUT2D eigenvalue weighted by atomic mass is 10.2. The van der Waals surface area contributed by atoms with Crippen LogP contribution in [-0.2, 0) is 6.54 Å². The Morgan fingerprint density at radius 3 is 2.88 bits per heavy atom. The first-order valence-corrected chi connectivity index (χ1v) is 6.65. The van der Waals surface area contributed by atoms with Crippen molar-refractivity contribution in [3.63, 3.8) is 0 Å². The average Bonchev–Trinajstić information content (AvgIpc) is 2.26. The number of rotatable bonds is 6. The Hall–Kier alpha value is -0.120. The SMILES string of the molecule is CCC(Cl)CCNCc1ccc(F)cc1Br. The zero-order chi connectivity index (χ0) is 12.0. The van der Waals surface area contributed by atoms with Gasteiger partial charge in [-0.05, 0) is 37.1 Å². The third-order valence-corrected chi connectivity index (χ3v) is 3.67. The quantitative estimate of drug-likeness (QED) is 0.616. The fourth-order valence-corrected chi connectivity index (χ4v) is 1.95. The van der Waals surface area contributed by atoms with Crippen LogP contribution in [0.2, 0.25) is 0 Å². The topological polar surface area (TPSA) is 12.0 Å². The molecule has 16 heavy (non-hydrogen) atoms. The van der Waals surface area contributed by atoms with Crippen molar-refractivity contribution in [1.29, 1.82) is 0 Å². The summed E-state index contributed by atoms with van der Waals surface area (Å²) in [7, 11) is 0. The van der Waals surface area contributed by atoms with E-state index in [9.17, 15) is 4.39 Å². The van der Waals surface area contributed by atoms with Crippen LogP contribution >= 0.6 is 27.5 Å². The van der Waals surface area contributed by atoms with E-state index < -0.39 is 0 Å². The molecule has 0 amide bonds. The van der Waals surface area contributed by atoms with Crippen molar-refractivity contribution in [2.75, 3.05) is 6.54 Å². The van der Waals surface area contributed by atoms with Gasteiger partial charge in [0.2, 0.25) is 0 Å². The molecule has 0 heterocycles. The molecule has 0 radical (unpaired) electrons. The molecule has 4 heteroatoms. The van der Waals surface area contributed by atoms with E-state index in [1.165, 1.54) is 12.1 Å². The van der Waals surface area contributed by atoms with Crippen LogP contribution in [0.5, 0.6) is 0 Å². The van der Waals surface area contributed by atoms with Gasteiger partial charge in [-0.15, -0.1) is 11.6 Å². The second kappa shape index (κ2) is 7.25. The normalized spacial score (nSPS) is 12.8. The minimum Gasteiger partial charge on any atom is -0.313 e. The Morgan fingerprint density at radius 1 is 1.50 bits per heavy atom. The molecular formula is C12H16BrClFN. The second-order valence-corrected chi connectivity index (χ2v) is 5.18. The number of halogens is 3. The summed E-state index contributed by atoms with van der Waals surface area (Å²) in [4.78, 5) is 0. The molecule has 0 spiro atoms. The van der Waals surface area contributed by atoms with Gasteiger partial charge in [0.1, 0.15) is 5.82 Å². The molecule has 1 N–H and O–H groups in total. The van der Waals surface area contributed by atoms with Crippen LogP contribution in [0.3, 0.4) is 0 Å². The van der Waals surface area contributed by atoms with E-state index in [4.69, 9.17) is 11.6 Å². The van der Waals surface area contributed by atoms with Gasteiger partial charge in [-0.3, -0.25) is 0 Å². The molecule has 1 aromatic rings. The Kier molecular flexibility index (Phi) is 6.32. The minimum absolute atomic E-state index is 0.220. The number of nitrogens with one attached hydrogen (secondary N) is 1. The van der Waals surface area contributed by atoms with Crippen molar-refractivity contribution in [3.05, 3.63) is 34.1 Å². The lowest BCUT2D eigenvalue weighted by Gasteiger charge is -2.09. The van der Waals surface area contributed by atoms with Gasteiger partial charge in [0.05, 0.1) is 0 Å². The van der Waals surface area contributed by atoms with Crippen molar-refractivity contribution in [3.8, 4) is 0 Å². The molecule has 90 valence electrons. The fraction of sp³-hybridized carbons (Fsp3) is 0.500. The molecule has 0 aliphatic rings. The Morgan fingerprint density at radius 2 is 2.25 bits per heavy atom. The van der Waals surface area contributed by atoms with Gasteiger partial charge >= 0.3 is 0 Å². The molecule has 1 rings (SSSR count). The first-order valence-electron chi connectivity index (χ1n) is 5.42. The third-order valence-electron chi connectivity index (χ3n) is 2.41. The number of alkyl halides is 1. The summed E-state index contributed by atoms with van der Waals surface area (Å²) in [5.74, 6) is -0.220. The molecule has 1 aromatic carbocycles. The largest absolute Gasteiger partial charge is 0.313 e. The van der Waals surface area contributed by atoms with E-state index in [1.54, 1.807) is 6.07 Å². The molecule has 0 bridgehead atoms. The highest BCUT2D eigenvalue weighted by atomic mass is 79.9. The predicted octanol–water partition coefficient (Wildman–Crippen LogP) is 4.09. The molecule has 0 saturated carbocycles. The molecule has 0 aromatic heterocycles. The summed E-state index contributed by atoms with van der Waals surface area (Å²) in [6, 6.07) is 4.73. The molecule has 0 saturated heterocycles. The first-order chi connectivity index (χ1) is 7.63. The number of hydrogen-bond acceptors (Lipinski definition) is 1. The molecular weight excluding hydrogens is 292 g/mol. The monoisotopic (exact) mass is 307 g/mol. The van der Waals surface area contributed by atoms with Gasteiger partial charge < -0.3 is 5.32 Å². The summed E-state index contributed by atoms with van der Waals surface area (Å²) >= 11 is 9.34. The third kappa shape index (κ3) is 4.81. The van der Waals surface area contributed by atoms with Gasteiger partial charge in [-0.1, -0.05) is 28.9 Å². The minimum atomic E-state index is -0.220. The summed E-state index contributed by atoms with van der Waals surface area (Å²) in [5, 5.41) is 3.53. The van der Waals surface area contributed by atoms with E-state index in [0.717, 1.165) is 36.0 Å². The van der Waals surface area contributed by atoms with Gasteiger partial charge in [0, 0.05) is 16.4 Å². The molecule has 0 aliphatic heterocycles. The highest BCUT2D eigenvalue weighted by molar-refractivity contribution is 9.10. The van der Waals surface area contributed by atoms with Crippen LogP contribution < -0.4 is 5.32 Å². The molecule has 1 nitrogen and oxygen atoms in total. The molecule has 0 aliphatic carbocycles. The average molecular weight is 309 g/mol. The Labute approximate surface area is 110 Å². The van der Waals surface area contributed by atoms with Crippen molar-refractivity contribution in [2.24, 2.45) is 0 Å². The lowest BCUT2D eigenvalue weighted by Crippen LogP contribution is -2.18. The fourth-order valence-electron chi connectivity index (χ4n) is 1.35. The molecule has 1 atom stereocenters. The smallest absolute Gasteiger partial charge is 0.124 e. The number of hydrogen-bond donors (Lipinski definition) is 1. The Balaban J connectivity index is 2.32. The van der Waals surface area contributed by atoms with E-state index in [0.29, 0.717) is 0 Å². The molecule has 1 unspecified atom stereocenters. The van der Waals surface area contributed by atoms with Crippen molar-refractivity contribution in [1.82, 2.24) is 5.32 Å². The second-order valence-electron chi connectivity index (χ2n) is 3.71. The van der Waals surface area contributed by atoms with E-state index in [1.807, 2.05) is 0 Å². The molecule has 0 fully saturated rings. The maximum atomic E-state index is 12.8. The highest BCUT2D eigenvalue weighted by Gasteiger charge is 2.03. The van der Waals surface area contributed by atoms with Crippen LogP contribution in [0, 0.1) is 5.82 Å². The zero-order valence-corrected chi connectivity index (χ0v) is 11.6. The Bertz CT molecular complexity index is 333. The van der Waals surface area contributed by atoms with E-state index >= 15 is 0 Å². The van der Waals surface area contributed by atoms with Crippen molar-refractivity contribution in [2.45, 2.75) is 31.7 Å². The maximum absolute atomic E-state index is 12.8. The van der Waals surface area contributed by atoms with Crippen molar-refractivity contribution < 1.29 is 4.39 Å². The van der Waals surface area contributed by atoms with E-state index in [-0.39, 0.29) is 11.2 Å². The zero-order valence-electron chi connectivity index (χ0n) is 9.27. The van der Waals surface area contributed by atoms with Gasteiger partial charge in [-0.2, -0.15) is 0 Å². The summed E-state index contributed by atoms with van der Waals surface area (Å²) in [6.45, 7) is 3.69. The maximum Gasteiger partial charge on any atom is 0.124 e. The van der Waals surface area contributed by atoms with E-state index in [2.05, 4.69) is 28.2 Å². The summed E-state index contributed by atoms with van der Waals surface area (Å²) < 4.78 is 13.6. The van der Waals surface area contributed by atoms with Crippen LogP contribution in [0.4, 0.5) is 4.39 Å². The van der Waals surface area contributed by atoms with Crippen LogP contribution in [0.1, 0.15) is 25.3 Å². The van der Waals surface area contributed by atoms with Crippen LogP contribution in [0.15, 0.2) is 22.7 Å². The summed E-state index contributed by atoms with van der Waals surface area (Å²) in [5.41, 5.74) is 1.06. The lowest BCUT2D eigenvalue weighted by molar-refractivity contribution is 0.612.